The highest BCUT2D eigenvalue weighted by Gasteiger charge is 2.77. The van der Waals surface area contributed by atoms with Crippen LogP contribution in [0.15, 0.2) is 79.9 Å². The molecule has 52 heavy (non-hydrogen) atoms. The Balaban J connectivity index is 1.35. The lowest BCUT2D eigenvalue weighted by Crippen LogP contribution is -2.60. The Hall–Kier alpha value is -4.40. The first-order chi connectivity index (χ1) is 25.1. The van der Waals surface area contributed by atoms with Crippen LogP contribution in [0.5, 0.6) is 0 Å². The molecular weight excluding hydrogens is 732 g/mol. The number of carbonyl (C=O) groups is 4. The van der Waals surface area contributed by atoms with E-state index in [1.54, 1.807) is 29.0 Å². The molecule has 4 heterocycles. The van der Waals surface area contributed by atoms with E-state index in [0.29, 0.717) is 17.5 Å². The predicted octanol–water partition coefficient (Wildman–Crippen LogP) is 3.54. The van der Waals surface area contributed by atoms with Gasteiger partial charge < -0.3 is 29.7 Å². The minimum Gasteiger partial charge on any atom is -0.455 e. The van der Waals surface area contributed by atoms with Crippen molar-refractivity contribution in [3.05, 3.63) is 85.5 Å². The number of halogens is 1. The van der Waals surface area contributed by atoms with Crippen molar-refractivity contribution in [3.8, 4) is 0 Å². The smallest absolute Gasteiger partial charge is 0.313 e. The van der Waals surface area contributed by atoms with Crippen molar-refractivity contribution in [3.63, 3.8) is 0 Å². The number of benzene rings is 2. The Bertz CT molecular complexity index is 1820. The van der Waals surface area contributed by atoms with Crippen LogP contribution in [-0.2, 0) is 35.3 Å². The number of nitrogens with zero attached hydrogens (tertiary/aromatic N) is 5. The molecule has 2 bridgehead atoms. The summed E-state index contributed by atoms with van der Waals surface area (Å²) in [5.74, 6) is -4.11. The number of esters is 1. The Labute approximate surface area is 311 Å². The van der Waals surface area contributed by atoms with Gasteiger partial charge in [-0.1, -0.05) is 89.6 Å². The van der Waals surface area contributed by atoms with Crippen molar-refractivity contribution in [2.75, 3.05) is 19.7 Å². The van der Waals surface area contributed by atoms with Crippen molar-refractivity contribution >= 4 is 50.7 Å². The third kappa shape index (κ3) is 6.79. The fourth-order valence-corrected chi connectivity index (χ4v) is 8.91. The molecule has 14 heteroatoms. The number of amides is 3. The molecule has 276 valence electrons. The number of para-hydroxylation sites is 1. The number of nitrogens with one attached hydrogen (secondary N) is 1. The van der Waals surface area contributed by atoms with E-state index in [0.717, 1.165) is 5.52 Å². The zero-order chi connectivity index (χ0) is 37.2. The summed E-state index contributed by atoms with van der Waals surface area (Å²) in [5, 5.41) is 22.0. The fraction of sp³-hybridized carbons (Fsp3) is 0.474. The van der Waals surface area contributed by atoms with Crippen LogP contribution >= 0.6 is 15.9 Å². The van der Waals surface area contributed by atoms with Gasteiger partial charge in [0.05, 0.1) is 42.6 Å². The lowest BCUT2D eigenvalue weighted by Gasteiger charge is -2.40. The summed E-state index contributed by atoms with van der Waals surface area (Å²) in [5.41, 5.74) is 0.657. The summed E-state index contributed by atoms with van der Waals surface area (Å²) in [6.07, 6.45) is 2.65. The molecule has 1 unspecified atom stereocenters. The molecule has 3 aliphatic rings. The minimum absolute atomic E-state index is 0.0139. The summed E-state index contributed by atoms with van der Waals surface area (Å²) in [4.78, 5) is 59.3. The number of aliphatic hydroxyl groups is 1. The largest absolute Gasteiger partial charge is 0.455 e. The molecule has 0 radical (unpaired) electrons. The monoisotopic (exact) mass is 776 g/mol. The van der Waals surface area contributed by atoms with Crippen molar-refractivity contribution < 1.29 is 33.8 Å². The second-order valence-electron chi connectivity index (χ2n) is 13.9. The number of aliphatic hydroxyl groups excluding tert-OH is 1. The maximum atomic E-state index is 15.0. The molecule has 3 amide bonds. The Morgan fingerprint density at radius 1 is 1.15 bits per heavy atom. The van der Waals surface area contributed by atoms with Gasteiger partial charge in [0, 0.05) is 17.8 Å². The quantitative estimate of drug-likeness (QED) is 0.126. The summed E-state index contributed by atoms with van der Waals surface area (Å²) < 4.78 is 14.5. The van der Waals surface area contributed by atoms with Gasteiger partial charge in [0.15, 0.2) is 0 Å². The van der Waals surface area contributed by atoms with E-state index < -0.39 is 66.1 Å². The Morgan fingerprint density at radius 3 is 2.58 bits per heavy atom. The first-order valence-corrected chi connectivity index (χ1v) is 18.5. The van der Waals surface area contributed by atoms with Gasteiger partial charge in [-0.25, -0.2) is 4.68 Å². The number of hydrogen-bond acceptors (Lipinski definition) is 9. The molecule has 1 aromatic heterocycles. The average molecular weight is 778 g/mol. The number of allylic oxidation sites excluding steroid dienone is 1. The van der Waals surface area contributed by atoms with E-state index >= 15 is 0 Å². The van der Waals surface area contributed by atoms with Crippen molar-refractivity contribution in [2.45, 2.75) is 74.5 Å². The molecule has 0 saturated carbocycles. The maximum absolute atomic E-state index is 15.0. The molecule has 13 nitrogen and oxygen atoms in total. The number of ether oxygens (including phenoxy) is 2. The van der Waals surface area contributed by atoms with Gasteiger partial charge in [-0.15, -0.1) is 18.3 Å². The van der Waals surface area contributed by atoms with Gasteiger partial charge in [-0.2, -0.15) is 0 Å². The Kier molecular flexibility index (Phi) is 11.3. The van der Waals surface area contributed by atoms with Crippen LogP contribution in [-0.4, -0.2) is 102 Å². The van der Waals surface area contributed by atoms with Gasteiger partial charge in [-0.3, -0.25) is 19.2 Å². The molecule has 0 aliphatic carbocycles. The third-order valence-electron chi connectivity index (χ3n) is 10.4. The van der Waals surface area contributed by atoms with Crippen molar-refractivity contribution in [2.24, 2.45) is 17.8 Å². The van der Waals surface area contributed by atoms with Crippen LogP contribution < -0.4 is 5.32 Å². The van der Waals surface area contributed by atoms with E-state index in [4.69, 9.17) is 9.47 Å². The molecule has 1 spiro atoms. The van der Waals surface area contributed by atoms with Crippen LogP contribution in [0.3, 0.4) is 0 Å². The number of alkyl halides is 1. The van der Waals surface area contributed by atoms with Crippen LogP contribution in [0.25, 0.3) is 11.0 Å². The fourth-order valence-electron chi connectivity index (χ4n) is 7.97. The molecular formula is C38H45BrN6O7. The first-order valence-electron chi connectivity index (χ1n) is 17.6. The number of fused-ring (bicyclic) bond motifs is 2. The Morgan fingerprint density at radius 2 is 1.88 bits per heavy atom. The number of hydrogen-bond donors (Lipinski definition) is 2. The van der Waals surface area contributed by atoms with Crippen LogP contribution in [0.1, 0.15) is 44.8 Å². The second-order valence-corrected chi connectivity index (χ2v) is 15.1. The molecule has 3 aromatic rings. The van der Waals surface area contributed by atoms with Gasteiger partial charge >= 0.3 is 5.97 Å². The van der Waals surface area contributed by atoms with Crippen molar-refractivity contribution in [1.29, 1.82) is 0 Å². The first kappa shape index (κ1) is 37.4. The third-order valence-corrected chi connectivity index (χ3v) is 11.3. The molecule has 8 atom stereocenters. The lowest BCUT2D eigenvalue weighted by atomic mass is 9.70. The topological polar surface area (TPSA) is 156 Å². The highest BCUT2D eigenvalue weighted by Crippen LogP contribution is 2.61. The van der Waals surface area contributed by atoms with E-state index in [-0.39, 0.29) is 49.3 Å². The lowest BCUT2D eigenvalue weighted by molar-refractivity contribution is -0.161. The van der Waals surface area contributed by atoms with E-state index in [9.17, 15) is 24.3 Å². The summed E-state index contributed by atoms with van der Waals surface area (Å²) >= 11 is 3.72. The number of carbonyl (C=O) groups excluding carboxylic acids is 4. The summed E-state index contributed by atoms with van der Waals surface area (Å²) in [6, 6.07) is 14.6. The minimum atomic E-state index is -1.40. The molecule has 3 aliphatic heterocycles. The summed E-state index contributed by atoms with van der Waals surface area (Å²) in [6.45, 7) is 11.0. The average Bonchev–Trinajstić information content (AvgIpc) is 3.86. The maximum Gasteiger partial charge on any atom is 0.313 e. The zero-order valence-electron chi connectivity index (χ0n) is 29.3. The highest BCUT2D eigenvalue weighted by atomic mass is 79.9. The van der Waals surface area contributed by atoms with E-state index in [2.05, 4.69) is 44.7 Å². The number of likely N-dealkylation sites (tertiary alicyclic amines) is 1. The number of rotatable bonds is 16. The van der Waals surface area contributed by atoms with Gasteiger partial charge in [0.25, 0.3) is 0 Å². The zero-order valence-corrected chi connectivity index (χ0v) is 30.9. The van der Waals surface area contributed by atoms with Crippen LogP contribution in [0, 0.1) is 17.8 Å². The molecule has 2 aromatic carbocycles. The molecule has 2 N–H and O–H groups in total. The van der Waals surface area contributed by atoms with E-state index in [1.165, 1.54) is 9.80 Å². The van der Waals surface area contributed by atoms with Gasteiger partial charge in [0.2, 0.25) is 17.7 Å². The van der Waals surface area contributed by atoms with Crippen molar-refractivity contribution in [1.82, 2.24) is 30.1 Å². The number of aromatic nitrogens is 3. The second kappa shape index (κ2) is 15.7. The van der Waals surface area contributed by atoms with Crippen LogP contribution in [0.4, 0.5) is 0 Å². The predicted molar refractivity (Wildman–Crippen MR) is 195 cm³/mol. The molecule has 3 fully saturated rings. The molecule has 3 saturated heterocycles. The SMILES string of the molecule is C=CCCC(=O)NC[C@@H](OC(=O)[C@H]1[C@@H]2O[C@@]3(CC2Br)[C@@H]1C(=O)N([C@@H](CO)C(C)C)[C@@H]3C(=O)N(CC=C)Cn1nnc2ccccc21)c1ccccc1. The van der Waals surface area contributed by atoms with E-state index in [1.807, 2.05) is 56.3 Å². The normalized spacial score (nSPS) is 25.9. The van der Waals surface area contributed by atoms with Gasteiger partial charge in [0.1, 0.15) is 29.9 Å². The van der Waals surface area contributed by atoms with Crippen LogP contribution in [0.2, 0.25) is 0 Å². The van der Waals surface area contributed by atoms with Gasteiger partial charge in [-0.05, 0) is 36.5 Å². The summed E-state index contributed by atoms with van der Waals surface area (Å²) in [7, 11) is 0. The molecule has 6 rings (SSSR count). The standard InChI is InChI=1S/C38H45BrN6O7/c1-5-7-17-30(47)40-20-29(24-13-9-8-10-14-24)51-37(50)31-32-35(48)45(28(21-46)23(3)4)34(38(32)19-25(39)33(31)52-38)36(49)43(18-6-2)22-44-27-16-12-11-15-26(27)41-42-44/h5-6,8-16,23,25,28-29,31-34,46H,1-2,7,17-22H2,3-4H3,(H,40,47)/t25?,28-,29+,31+,32-,33+,34+,38-/m0/s1. The highest BCUT2D eigenvalue weighted by molar-refractivity contribution is 9.09.